The minimum atomic E-state index is -0.0480. The average molecular weight is 314 g/mol. The minimum Gasteiger partial charge on any atom is -0.355 e. The van der Waals surface area contributed by atoms with Gasteiger partial charge in [-0.1, -0.05) is 43.2 Å². The number of likely N-dealkylation sites (tertiary alicyclic amines) is 1. The zero-order valence-corrected chi connectivity index (χ0v) is 13.9. The molecule has 23 heavy (non-hydrogen) atoms. The quantitative estimate of drug-likeness (QED) is 0.928. The highest BCUT2D eigenvalue weighted by molar-refractivity contribution is 5.81. The molecular weight excluding hydrogens is 288 g/mol. The van der Waals surface area contributed by atoms with Crippen LogP contribution < -0.4 is 5.32 Å². The van der Waals surface area contributed by atoms with Crippen molar-refractivity contribution in [3.05, 3.63) is 35.9 Å². The van der Waals surface area contributed by atoms with Crippen LogP contribution in [0.15, 0.2) is 30.3 Å². The lowest BCUT2D eigenvalue weighted by molar-refractivity contribution is -0.128. The fraction of sp³-hybridized carbons (Fsp3) is 0.579. The van der Waals surface area contributed by atoms with E-state index in [1.54, 1.807) is 11.8 Å². The lowest BCUT2D eigenvalue weighted by Crippen LogP contribution is -2.42. The van der Waals surface area contributed by atoms with Gasteiger partial charge in [0.05, 0.1) is 5.92 Å². The summed E-state index contributed by atoms with van der Waals surface area (Å²) in [4.78, 5) is 25.7. The van der Waals surface area contributed by atoms with Gasteiger partial charge < -0.3 is 10.2 Å². The van der Waals surface area contributed by atoms with Crippen LogP contribution in [0.4, 0.5) is 0 Å². The molecule has 1 aromatic carbocycles. The number of carbonyl (C=O) groups excluding carboxylic acids is 2. The van der Waals surface area contributed by atoms with E-state index < -0.39 is 0 Å². The summed E-state index contributed by atoms with van der Waals surface area (Å²) in [5.41, 5.74) is 1.44. The molecule has 1 saturated carbocycles. The summed E-state index contributed by atoms with van der Waals surface area (Å²) in [5.74, 6) is 0.126. The van der Waals surface area contributed by atoms with Crippen molar-refractivity contribution >= 4 is 11.8 Å². The average Bonchev–Trinajstić information content (AvgIpc) is 3.24. The Morgan fingerprint density at radius 3 is 2.52 bits per heavy atom. The predicted octanol–water partition coefficient (Wildman–Crippen LogP) is 2.48. The summed E-state index contributed by atoms with van der Waals surface area (Å²) in [6.45, 7) is 3.56. The van der Waals surface area contributed by atoms with Crippen LogP contribution >= 0.6 is 0 Å². The highest BCUT2D eigenvalue weighted by atomic mass is 16.2. The molecule has 1 aliphatic carbocycles. The van der Waals surface area contributed by atoms with Crippen molar-refractivity contribution in [2.45, 2.75) is 44.4 Å². The predicted molar refractivity (Wildman–Crippen MR) is 90.0 cm³/mol. The van der Waals surface area contributed by atoms with Gasteiger partial charge in [-0.25, -0.2) is 0 Å². The van der Waals surface area contributed by atoms with Crippen molar-refractivity contribution in [2.75, 3.05) is 19.6 Å². The van der Waals surface area contributed by atoms with Gasteiger partial charge in [-0.15, -0.1) is 0 Å². The normalized spacial score (nSPS) is 23.0. The Hall–Kier alpha value is -1.84. The van der Waals surface area contributed by atoms with Crippen molar-refractivity contribution in [1.29, 1.82) is 0 Å². The third-order valence-corrected chi connectivity index (χ3v) is 5.55. The first-order valence-corrected chi connectivity index (χ1v) is 8.69. The standard InChI is InChI=1S/C19H26N2O2/c1-15(22)21-12-9-16(13-21)18(23)20-14-19(10-5-6-11-19)17-7-3-2-4-8-17/h2-4,7-8,16H,5-6,9-14H2,1H3,(H,20,23). The summed E-state index contributed by atoms with van der Waals surface area (Å²) in [6, 6.07) is 10.6. The topological polar surface area (TPSA) is 49.4 Å². The Kier molecular flexibility index (Phi) is 4.69. The summed E-state index contributed by atoms with van der Waals surface area (Å²) in [5, 5.41) is 3.19. The minimum absolute atomic E-state index is 0.0480. The number of nitrogens with zero attached hydrogens (tertiary/aromatic N) is 1. The van der Waals surface area contributed by atoms with Crippen LogP contribution in [0.25, 0.3) is 0 Å². The first-order valence-electron chi connectivity index (χ1n) is 8.69. The first kappa shape index (κ1) is 16.0. The van der Waals surface area contributed by atoms with Crippen LogP contribution in [-0.2, 0) is 15.0 Å². The van der Waals surface area contributed by atoms with E-state index in [9.17, 15) is 9.59 Å². The first-order chi connectivity index (χ1) is 11.1. The number of benzene rings is 1. The van der Waals surface area contributed by atoms with Crippen molar-refractivity contribution in [1.82, 2.24) is 10.2 Å². The fourth-order valence-corrected chi connectivity index (χ4v) is 4.07. The lowest BCUT2D eigenvalue weighted by Gasteiger charge is -2.30. The SMILES string of the molecule is CC(=O)N1CCC(C(=O)NCC2(c3ccccc3)CCCC2)C1. The van der Waals surface area contributed by atoms with Gasteiger partial charge in [-0.3, -0.25) is 9.59 Å². The van der Waals surface area contributed by atoms with Crippen LogP contribution in [0.2, 0.25) is 0 Å². The van der Waals surface area contributed by atoms with Gasteiger partial charge in [0.25, 0.3) is 0 Å². The monoisotopic (exact) mass is 314 g/mol. The Balaban J connectivity index is 1.62. The molecule has 0 bridgehead atoms. The molecule has 1 N–H and O–H groups in total. The van der Waals surface area contributed by atoms with Crippen LogP contribution in [0.1, 0.15) is 44.6 Å². The van der Waals surface area contributed by atoms with Gasteiger partial charge >= 0.3 is 0 Å². The molecule has 2 aliphatic rings. The number of hydrogen-bond acceptors (Lipinski definition) is 2. The Morgan fingerprint density at radius 2 is 1.91 bits per heavy atom. The number of amides is 2. The third kappa shape index (κ3) is 3.41. The lowest BCUT2D eigenvalue weighted by atomic mass is 9.78. The van der Waals surface area contributed by atoms with Crippen LogP contribution in [0.3, 0.4) is 0 Å². The highest BCUT2D eigenvalue weighted by Gasteiger charge is 2.37. The molecule has 2 amide bonds. The number of hydrogen-bond donors (Lipinski definition) is 1. The van der Waals surface area contributed by atoms with Crippen molar-refractivity contribution in [3.8, 4) is 0 Å². The molecule has 1 unspecified atom stereocenters. The largest absolute Gasteiger partial charge is 0.355 e. The molecule has 0 spiro atoms. The second kappa shape index (κ2) is 6.73. The molecule has 1 heterocycles. The van der Waals surface area contributed by atoms with Gasteiger partial charge in [-0.2, -0.15) is 0 Å². The zero-order chi connectivity index (χ0) is 16.3. The van der Waals surface area contributed by atoms with Crippen molar-refractivity contribution in [2.24, 2.45) is 5.92 Å². The molecule has 1 saturated heterocycles. The smallest absolute Gasteiger partial charge is 0.224 e. The van der Waals surface area contributed by atoms with E-state index in [1.165, 1.54) is 18.4 Å². The van der Waals surface area contributed by atoms with E-state index in [0.29, 0.717) is 19.6 Å². The Morgan fingerprint density at radius 1 is 1.22 bits per heavy atom. The van der Waals surface area contributed by atoms with E-state index in [4.69, 9.17) is 0 Å². The van der Waals surface area contributed by atoms with Gasteiger partial charge in [0.2, 0.25) is 11.8 Å². The maximum absolute atomic E-state index is 12.5. The molecule has 124 valence electrons. The van der Waals surface area contributed by atoms with Crippen LogP contribution in [0, 0.1) is 5.92 Å². The molecular formula is C19H26N2O2. The van der Waals surface area contributed by atoms with E-state index in [1.807, 2.05) is 6.07 Å². The molecule has 3 rings (SSSR count). The number of carbonyl (C=O) groups is 2. The van der Waals surface area contributed by atoms with Gasteiger partial charge in [0, 0.05) is 32.0 Å². The van der Waals surface area contributed by atoms with Crippen molar-refractivity contribution in [3.63, 3.8) is 0 Å². The molecule has 0 radical (unpaired) electrons. The van der Waals surface area contributed by atoms with Gasteiger partial charge in [-0.05, 0) is 24.8 Å². The molecule has 1 aromatic rings. The second-order valence-corrected chi connectivity index (χ2v) is 7.02. The molecule has 4 heteroatoms. The van der Waals surface area contributed by atoms with Gasteiger partial charge in [0.1, 0.15) is 0 Å². The summed E-state index contributed by atoms with van der Waals surface area (Å²) >= 11 is 0. The summed E-state index contributed by atoms with van der Waals surface area (Å²) < 4.78 is 0. The third-order valence-electron chi connectivity index (χ3n) is 5.55. The van der Waals surface area contributed by atoms with E-state index in [0.717, 1.165) is 19.3 Å². The molecule has 2 fully saturated rings. The van der Waals surface area contributed by atoms with Crippen molar-refractivity contribution < 1.29 is 9.59 Å². The number of rotatable bonds is 4. The Bertz CT molecular complexity index is 564. The van der Waals surface area contributed by atoms with Crippen LogP contribution in [-0.4, -0.2) is 36.3 Å². The number of nitrogens with one attached hydrogen (secondary N) is 1. The summed E-state index contributed by atoms with van der Waals surface area (Å²) in [6.07, 6.45) is 5.52. The molecule has 1 aliphatic heterocycles. The van der Waals surface area contributed by atoms with E-state index >= 15 is 0 Å². The zero-order valence-electron chi connectivity index (χ0n) is 13.9. The second-order valence-electron chi connectivity index (χ2n) is 7.02. The maximum atomic E-state index is 12.5. The summed E-state index contributed by atoms with van der Waals surface area (Å²) in [7, 11) is 0. The van der Waals surface area contributed by atoms with Crippen LogP contribution in [0.5, 0.6) is 0 Å². The molecule has 1 atom stereocenters. The van der Waals surface area contributed by atoms with Gasteiger partial charge in [0.15, 0.2) is 0 Å². The van der Waals surface area contributed by atoms with E-state index in [2.05, 4.69) is 29.6 Å². The maximum Gasteiger partial charge on any atom is 0.224 e. The fourth-order valence-electron chi connectivity index (χ4n) is 4.07. The Labute approximate surface area is 138 Å². The molecule has 0 aromatic heterocycles. The van der Waals surface area contributed by atoms with E-state index in [-0.39, 0.29) is 23.1 Å². The molecule has 4 nitrogen and oxygen atoms in total. The highest BCUT2D eigenvalue weighted by Crippen LogP contribution is 2.40.